The van der Waals surface area contributed by atoms with Gasteiger partial charge in [-0.3, -0.25) is 5.10 Å². The highest BCUT2D eigenvalue weighted by Crippen LogP contribution is 2.28. The lowest BCUT2D eigenvalue weighted by atomic mass is 10.1. The predicted octanol–water partition coefficient (Wildman–Crippen LogP) is 3.04. The molecule has 4 aromatic rings. The Hall–Kier alpha value is -3.72. The summed E-state index contributed by atoms with van der Waals surface area (Å²) in [5.74, 6) is 1.73. The second-order valence-electron chi connectivity index (χ2n) is 6.97. The third-order valence-electron chi connectivity index (χ3n) is 5.05. The first-order chi connectivity index (χ1) is 14.8. The number of nitrogens with one attached hydrogen (secondary N) is 3. The van der Waals surface area contributed by atoms with Crippen molar-refractivity contribution < 1.29 is 4.74 Å². The van der Waals surface area contributed by atoms with Crippen LogP contribution in [0.15, 0.2) is 48.7 Å². The van der Waals surface area contributed by atoms with Crippen LogP contribution in [-0.4, -0.2) is 58.5 Å². The zero-order valence-corrected chi connectivity index (χ0v) is 16.6. The van der Waals surface area contributed by atoms with Crippen LogP contribution in [0.3, 0.4) is 0 Å². The van der Waals surface area contributed by atoms with Crippen LogP contribution in [0.5, 0.6) is 0 Å². The Morgan fingerprint density at radius 3 is 2.70 bits per heavy atom. The van der Waals surface area contributed by atoms with Gasteiger partial charge in [0.2, 0.25) is 11.9 Å². The second-order valence-corrected chi connectivity index (χ2v) is 6.97. The molecule has 9 heteroatoms. The quantitative estimate of drug-likeness (QED) is 0.468. The minimum absolute atomic E-state index is 0.496. The Balaban J connectivity index is 1.59. The van der Waals surface area contributed by atoms with Gasteiger partial charge in [-0.25, -0.2) is 0 Å². The van der Waals surface area contributed by atoms with Crippen molar-refractivity contribution in [1.29, 1.82) is 0 Å². The first kappa shape index (κ1) is 18.3. The second kappa shape index (κ2) is 7.96. The van der Waals surface area contributed by atoms with Gasteiger partial charge < -0.3 is 20.3 Å². The number of morpholine rings is 1. The van der Waals surface area contributed by atoms with Crippen LogP contribution in [0, 0.1) is 0 Å². The molecule has 0 unspecified atom stereocenters. The van der Waals surface area contributed by atoms with Crippen molar-refractivity contribution in [2.75, 3.05) is 48.9 Å². The van der Waals surface area contributed by atoms with E-state index in [-0.39, 0.29) is 0 Å². The molecular weight excluding hydrogens is 380 g/mol. The van der Waals surface area contributed by atoms with Gasteiger partial charge in [-0.15, -0.1) is 0 Å². The van der Waals surface area contributed by atoms with Gasteiger partial charge in [0.05, 0.1) is 24.9 Å². The number of rotatable bonds is 5. The number of fused-ring (bicyclic) bond motifs is 1. The number of aromatic nitrogens is 5. The molecule has 1 aliphatic heterocycles. The molecule has 30 heavy (non-hydrogen) atoms. The molecule has 0 aliphatic carbocycles. The number of anilines is 4. The molecule has 2 aromatic carbocycles. The van der Waals surface area contributed by atoms with Crippen molar-refractivity contribution >= 4 is 34.2 Å². The third kappa shape index (κ3) is 3.62. The maximum absolute atomic E-state index is 5.49. The molecule has 0 atom stereocenters. The van der Waals surface area contributed by atoms with Gasteiger partial charge >= 0.3 is 0 Å². The fourth-order valence-electron chi connectivity index (χ4n) is 3.49. The highest BCUT2D eigenvalue weighted by atomic mass is 16.5. The van der Waals surface area contributed by atoms with Crippen LogP contribution < -0.4 is 15.5 Å². The van der Waals surface area contributed by atoms with Crippen molar-refractivity contribution in [1.82, 2.24) is 25.1 Å². The Labute approximate surface area is 173 Å². The molecule has 3 N–H and O–H groups in total. The number of H-pyrrole nitrogens is 1. The zero-order valence-electron chi connectivity index (χ0n) is 16.6. The van der Waals surface area contributed by atoms with Gasteiger partial charge in [-0.05, 0) is 24.3 Å². The average molecular weight is 402 g/mol. The van der Waals surface area contributed by atoms with Gasteiger partial charge in [-0.1, -0.05) is 18.2 Å². The molecule has 9 nitrogen and oxygen atoms in total. The van der Waals surface area contributed by atoms with Crippen molar-refractivity contribution in [2.45, 2.75) is 0 Å². The van der Waals surface area contributed by atoms with Crippen LogP contribution in [0.2, 0.25) is 0 Å². The molecule has 1 fully saturated rings. The van der Waals surface area contributed by atoms with Crippen LogP contribution in [-0.2, 0) is 4.74 Å². The number of benzene rings is 2. The summed E-state index contributed by atoms with van der Waals surface area (Å²) in [5.41, 5.74) is 3.75. The number of ether oxygens (including phenoxy) is 1. The maximum atomic E-state index is 5.49. The van der Waals surface area contributed by atoms with E-state index in [1.54, 1.807) is 6.20 Å². The van der Waals surface area contributed by atoms with E-state index in [1.165, 1.54) is 0 Å². The van der Waals surface area contributed by atoms with Gasteiger partial charge in [0, 0.05) is 42.5 Å². The van der Waals surface area contributed by atoms with E-state index < -0.39 is 0 Å². The molecule has 3 heterocycles. The van der Waals surface area contributed by atoms with Gasteiger partial charge in [-0.2, -0.15) is 20.1 Å². The molecule has 1 aliphatic rings. The summed E-state index contributed by atoms with van der Waals surface area (Å²) in [4.78, 5) is 16.3. The van der Waals surface area contributed by atoms with Crippen LogP contribution in [0.1, 0.15) is 0 Å². The topological polar surface area (TPSA) is 104 Å². The summed E-state index contributed by atoms with van der Waals surface area (Å²) in [5, 5.41) is 14.6. The van der Waals surface area contributed by atoms with Crippen molar-refractivity contribution in [3.8, 4) is 11.4 Å². The minimum Gasteiger partial charge on any atom is -0.388 e. The molecule has 0 spiro atoms. The van der Waals surface area contributed by atoms with Crippen molar-refractivity contribution in [2.24, 2.45) is 0 Å². The summed E-state index contributed by atoms with van der Waals surface area (Å²) in [6.07, 6.45) is 1.80. The number of aromatic amines is 1. The van der Waals surface area contributed by atoms with E-state index in [1.807, 2.05) is 49.5 Å². The van der Waals surface area contributed by atoms with Crippen LogP contribution in [0.25, 0.3) is 22.3 Å². The molecule has 0 amide bonds. The lowest BCUT2D eigenvalue weighted by molar-refractivity contribution is 0.122. The van der Waals surface area contributed by atoms with E-state index in [2.05, 4.69) is 25.7 Å². The first-order valence-electron chi connectivity index (χ1n) is 9.86. The highest BCUT2D eigenvalue weighted by molar-refractivity contribution is 5.92. The molecule has 2 aromatic heterocycles. The summed E-state index contributed by atoms with van der Waals surface area (Å²) in [7, 11) is 1.89. The van der Waals surface area contributed by atoms with Crippen LogP contribution >= 0.6 is 0 Å². The van der Waals surface area contributed by atoms with E-state index in [4.69, 9.17) is 19.7 Å². The Morgan fingerprint density at radius 1 is 1.00 bits per heavy atom. The number of hydrogen-bond acceptors (Lipinski definition) is 8. The summed E-state index contributed by atoms with van der Waals surface area (Å²) in [6, 6.07) is 13.9. The SMILES string of the molecule is CNc1cccc(Nc2nc(-c3cccc4[nH]ncc34)nc(N3CCOCC3)n2)c1. The van der Waals surface area contributed by atoms with E-state index in [0.717, 1.165) is 40.9 Å². The molecule has 0 saturated carbocycles. The highest BCUT2D eigenvalue weighted by Gasteiger charge is 2.18. The van der Waals surface area contributed by atoms with E-state index in [0.29, 0.717) is 30.9 Å². The molecule has 0 bridgehead atoms. The lowest BCUT2D eigenvalue weighted by Gasteiger charge is -2.27. The fraction of sp³-hybridized carbons (Fsp3) is 0.238. The Morgan fingerprint density at radius 2 is 1.83 bits per heavy atom. The lowest BCUT2D eigenvalue weighted by Crippen LogP contribution is -2.37. The predicted molar refractivity (Wildman–Crippen MR) is 117 cm³/mol. The smallest absolute Gasteiger partial charge is 0.232 e. The standard InChI is InChI=1S/C21H22N8O/c1-22-14-4-2-5-15(12-14)24-20-25-19(16-6-3-7-18-17(16)13-23-28-18)26-21(27-20)29-8-10-30-11-9-29/h2-7,12-13,22H,8-11H2,1H3,(H,23,28)(H,24,25,26,27). The molecule has 0 radical (unpaired) electrons. The van der Waals surface area contributed by atoms with E-state index >= 15 is 0 Å². The maximum Gasteiger partial charge on any atom is 0.232 e. The number of nitrogens with zero attached hydrogens (tertiary/aromatic N) is 5. The molecule has 152 valence electrons. The summed E-state index contributed by atoms with van der Waals surface area (Å²) < 4.78 is 5.49. The van der Waals surface area contributed by atoms with Crippen molar-refractivity contribution in [3.05, 3.63) is 48.7 Å². The monoisotopic (exact) mass is 402 g/mol. The largest absolute Gasteiger partial charge is 0.388 e. The summed E-state index contributed by atoms with van der Waals surface area (Å²) in [6.45, 7) is 2.80. The van der Waals surface area contributed by atoms with Gasteiger partial charge in [0.15, 0.2) is 5.82 Å². The van der Waals surface area contributed by atoms with Gasteiger partial charge in [0.25, 0.3) is 0 Å². The van der Waals surface area contributed by atoms with Crippen LogP contribution in [0.4, 0.5) is 23.3 Å². The zero-order chi connectivity index (χ0) is 20.3. The van der Waals surface area contributed by atoms with Crippen molar-refractivity contribution in [3.63, 3.8) is 0 Å². The Bertz CT molecular complexity index is 1170. The Kier molecular flexibility index (Phi) is 4.86. The average Bonchev–Trinajstić information content (AvgIpc) is 3.29. The summed E-state index contributed by atoms with van der Waals surface area (Å²) >= 11 is 0. The number of hydrogen-bond donors (Lipinski definition) is 3. The minimum atomic E-state index is 0.496. The van der Waals surface area contributed by atoms with Gasteiger partial charge in [0.1, 0.15) is 0 Å². The normalized spacial score (nSPS) is 14.1. The fourth-order valence-corrected chi connectivity index (χ4v) is 3.49. The molecule has 1 saturated heterocycles. The third-order valence-corrected chi connectivity index (χ3v) is 5.05. The molecule has 5 rings (SSSR count). The van der Waals surface area contributed by atoms with E-state index in [9.17, 15) is 0 Å². The first-order valence-corrected chi connectivity index (χ1v) is 9.86. The molecular formula is C21H22N8O.